The molecule has 16 heteroatoms. The summed E-state index contributed by atoms with van der Waals surface area (Å²) in [6.45, 7) is -0.181. The number of ether oxygens (including phenoxy) is 1. The molecule has 35 heavy (non-hydrogen) atoms. The van der Waals surface area contributed by atoms with Gasteiger partial charge in [0.1, 0.15) is 17.4 Å². The number of anilines is 2. The van der Waals surface area contributed by atoms with Crippen molar-refractivity contribution in [1.29, 1.82) is 0 Å². The van der Waals surface area contributed by atoms with Gasteiger partial charge in [-0.2, -0.15) is 30.7 Å². The van der Waals surface area contributed by atoms with E-state index >= 15 is 0 Å². The molecule has 0 aromatic carbocycles. The molecule has 2 aromatic rings. The second kappa shape index (κ2) is 11.0. The second-order valence-electron chi connectivity index (χ2n) is 7.14. The van der Waals surface area contributed by atoms with Crippen LogP contribution < -0.4 is 20.7 Å². The molecule has 3 heterocycles. The lowest BCUT2D eigenvalue weighted by Gasteiger charge is -2.18. The fraction of sp³-hybridized carbons (Fsp3) is 0.421. The third-order valence-corrected chi connectivity index (χ3v) is 5.22. The first-order valence-electron chi connectivity index (χ1n) is 9.97. The normalized spacial score (nSPS) is 16.1. The molecule has 0 bridgehead atoms. The van der Waals surface area contributed by atoms with Crippen molar-refractivity contribution in [2.75, 3.05) is 36.9 Å². The molecular weight excluding hydrogens is 504 g/mol. The molecule has 0 saturated carbocycles. The lowest BCUT2D eigenvalue weighted by atomic mass is 10.2. The van der Waals surface area contributed by atoms with Gasteiger partial charge in [-0.3, -0.25) is 14.8 Å². The number of carbonyl (C=O) groups is 1. The lowest BCUT2D eigenvalue weighted by molar-refractivity contribution is -0.144. The van der Waals surface area contributed by atoms with Crippen LogP contribution in [0.2, 0.25) is 0 Å². The summed E-state index contributed by atoms with van der Waals surface area (Å²) < 4.78 is 83.7. The number of alkyl halides is 6. The SMILES string of the molecule is Cc1nsc(NC2=NCC(C(F)(F)F)N=C2)c1C(=O)Nc1ccc(OCCNCC(F)(F)F)nc1. The number of nitrogens with zero attached hydrogens (tertiary/aromatic N) is 4. The van der Waals surface area contributed by atoms with Crippen molar-refractivity contribution in [2.45, 2.75) is 25.3 Å². The summed E-state index contributed by atoms with van der Waals surface area (Å²) in [6.07, 6.45) is -6.54. The monoisotopic (exact) mass is 523 g/mol. The highest BCUT2D eigenvalue weighted by Gasteiger charge is 2.40. The maximum atomic E-state index is 12.8. The first-order valence-corrected chi connectivity index (χ1v) is 10.7. The highest BCUT2D eigenvalue weighted by molar-refractivity contribution is 7.11. The molecule has 0 fully saturated rings. The summed E-state index contributed by atoms with van der Waals surface area (Å²) in [5.41, 5.74) is 0.856. The zero-order valence-corrected chi connectivity index (χ0v) is 18.8. The molecule has 0 saturated heterocycles. The van der Waals surface area contributed by atoms with Gasteiger partial charge in [-0.25, -0.2) is 4.98 Å². The molecule has 3 rings (SSSR count). The van der Waals surface area contributed by atoms with Crippen LogP contribution in [-0.2, 0) is 0 Å². The van der Waals surface area contributed by atoms with Gasteiger partial charge in [0.05, 0.1) is 42.4 Å². The van der Waals surface area contributed by atoms with Gasteiger partial charge < -0.3 is 20.7 Å². The number of carbonyl (C=O) groups excluding carboxylic acids is 1. The molecule has 3 N–H and O–H groups in total. The minimum Gasteiger partial charge on any atom is -0.476 e. The fourth-order valence-electron chi connectivity index (χ4n) is 2.72. The highest BCUT2D eigenvalue weighted by Crippen LogP contribution is 2.27. The molecule has 1 aliphatic rings. The molecule has 1 amide bonds. The zero-order chi connectivity index (χ0) is 25.6. The smallest absolute Gasteiger partial charge is 0.412 e. The number of amidine groups is 1. The maximum Gasteiger partial charge on any atom is 0.412 e. The van der Waals surface area contributed by atoms with E-state index in [-0.39, 0.29) is 35.4 Å². The number of hydrogen-bond acceptors (Lipinski definition) is 9. The minimum absolute atomic E-state index is 0.0350. The Morgan fingerprint density at radius 1 is 1.23 bits per heavy atom. The van der Waals surface area contributed by atoms with Crippen LogP contribution in [0.15, 0.2) is 28.3 Å². The number of rotatable bonds is 8. The molecule has 0 aliphatic carbocycles. The van der Waals surface area contributed by atoms with Gasteiger partial charge in [-0.1, -0.05) is 0 Å². The number of aliphatic imine (C=N–C) groups is 2. The Bertz CT molecular complexity index is 1080. The molecule has 9 nitrogen and oxygen atoms in total. The quantitative estimate of drug-likeness (QED) is 0.361. The zero-order valence-electron chi connectivity index (χ0n) is 18.0. The van der Waals surface area contributed by atoms with Crippen LogP contribution in [0.5, 0.6) is 5.88 Å². The van der Waals surface area contributed by atoms with Crippen molar-refractivity contribution in [3.63, 3.8) is 0 Å². The Hall–Kier alpha value is -3.27. The van der Waals surface area contributed by atoms with E-state index in [1.807, 2.05) is 0 Å². The largest absolute Gasteiger partial charge is 0.476 e. The summed E-state index contributed by atoms with van der Waals surface area (Å²) in [4.78, 5) is 24.0. The van der Waals surface area contributed by atoms with Gasteiger partial charge in [0.25, 0.3) is 5.91 Å². The third kappa shape index (κ3) is 7.88. The molecule has 1 aliphatic heterocycles. The number of aromatic nitrogens is 2. The Morgan fingerprint density at radius 2 is 2.00 bits per heavy atom. The van der Waals surface area contributed by atoms with Crippen molar-refractivity contribution in [2.24, 2.45) is 9.98 Å². The highest BCUT2D eigenvalue weighted by atomic mass is 32.1. The van der Waals surface area contributed by atoms with Gasteiger partial charge >= 0.3 is 12.4 Å². The number of halogens is 6. The molecule has 0 spiro atoms. The number of pyridine rings is 1. The summed E-state index contributed by atoms with van der Waals surface area (Å²) in [6, 6.07) is 1.01. The van der Waals surface area contributed by atoms with Crippen LogP contribution >= 0.6 is 11.5 Å². The summed E-state index contributed by atoms with van der Waals surface area (Å²) in [5, 5.41) is 7.86. The maximum absolute atomic E-state index is 12.8. The number of amides is 1. The molecule has 2 aromatic heterocycles. The molecular formula is C19H19F6N7O2S. The van der Waals surface area contributed by atoms with E-state index in [0.717, 1.165) is 17.7 Å². The molecule has 190 valence electrons. The minimum atomic E-state index is -4.49. The first-order chi connectivity index (χ1) is 16.4. The Morgan fingerprint density at radius 3 is 2.60 bits per heavy atom. The van der Waals surface area contributed by atoms with Crippen molar-refractivity contribution in [3.8, 4) is 5.88 Å². The van der Waals surface area contributed by atoms with E-state index in [0.29, 0.717) is 11.4 Å². The second-order valence-corrected chi connectivity index (χ2v) is 7.91. The van der Waals surface area contributed by atoms with E-state index in [2.05, 4.69) is 35.3 Å². The van der Waals surface area contributed by atoms with E-state index in [1.165, 1.54) is 18.3 Å². The average Bonchev–Trinajstić information content (AvgIpc) is 3.13. The number of hydrogen-bond donors (Lipinski definition) is 3. The lowest BCUT2D eigenvalue weighted by Crippen LogP contribution is -2.34. The third-order valence-electron chi connectivity index (χ3n) is 4.37. The van der Waals surface area contributed by atoms with Crippen LogP contribution in [0.3, 0.4) is 0 Å². The van der Waals surface area contributed by atoms with Crippen LogP contribution in [0.4, 0.5) is 37.0 Å². The Balaban J connectivity index is 1.55. The van der Waals surface area contributed by atoms with Crippen LogP contribution in [0, 0.1) is 6.92 Å². The van der Waals surface area contributed by atoms with E-state index in [4.69, 9.17) is 4.74 Å². The van der Waals surface area contributed by atoms with Crippen LogP contribution in [0.1, 0.15) is 16.1 Å². The van der Waals surface area contributed by atoms with Gasteiger partial charge in [0, 0.05) is 12.6 Å². The first kappa shape index (κ1) is 26.3. The van der Waals surface area contributed by atoms with Gasteiger partial charge in [-0.05, 0) is 24.5 Å². The summed E-state index contributed by atoms with van der Waals surface area (Å²) >= 11 is 0.933. The van der Waals surface area contributed by atoms with E-state index in [1.54, 1.807) is 6.92 Å². The predicted molar refractivity (Wildman–Crippen MR) is 118 cm³/mol. The Kier molecular flexibility index (Phi) is 8.26. The van der Waals surface area contributed by atoms with E-state index in [9.17, 15) is 31.1 Å². The number of aryl methyl sites for hydroxylation is 1. The molecule has 1 unspecified atom stereocenters. The van der Waals surface area contributed by atoms with Gasteiger partial charge in [0.2, 0.25) is 5.88 Å². The van der Waals surface area contributed by atoms with Crippen molar-refractivity contribution >= 4 is 40.2 Å². The fourth-order valence-corrected chi connectivity index (χ4v) is 3.52. The van der Waals surface area contributed by atoms with Crippen molar-refractivity contribution < 1.29 is 35.9 Å². The van der Waals surface area contributed by atoms with E-state index < -0.39 is 37.4 Å². The summed E-state index contributed by atoms with van der Waals surface area (Å²) in [5.74, 6) is -0.331. The summed E-state index contributed by atoms with van der Waals surface area (Å²) in [7, 11) is 0. The molecule has 1 atom stereocenters. The number of nitrogens with one attached hydrogen (secondary N) is 3. The van der Waals surface area contributed by atoms with Crippen molar-refractivity contribution in [3.05, 3.63) is 29.6 Å². The van der Waals surface area contributed by atoms with Crippen LogP contribution in [-0.4, -0.2) is 72.0 Å². The predicted octanol–water partition coefficient (Wildman–Crippen LogP) is 3.46. The van der Waals surface area contributed by atoms with Crippen LogP contribution in [0.25, 0.3) is 0 Å². The molecule has 0 radical (unpaired) electrons. The topological polar surface area (TPSA) is 113 Å². The standard InChI is InChI=1S/C19H19F6N7O2S/c1-10-15(17(35-32-10)31-13-8-27-12(7-28-13)19(23,24)25)16(33)30-11-2-3-14(29-6-11)34-5-4-26-9-18(20,21)22/h2-3,6,8,12,26H,4-5,7,9H2,1H3,(H,28,31)(H,30,33). The Labute approximate surface area is 198 Å². The average molecular weight is 523 g/mol. The van der Waals surface area contributed by atoms with Gasteiger partial charge in [0.15, 0.2) is 6.04 Å². The van der Waals surface area contributed by atoms with Crippen molar-refractivity contribution in [1.82, 2.24) is 14.7 Å². The van der Waals surface area contributed by atoms with Gasteiger partial charge in [-0.15, -0.1) is 0 Å².